The van der Waals surface area contributed by atoms with Crippen molar-refractivity contribution >= 4 is 10.0 Å². The average Bonchev–Trinajstić information content (AvgIpc) is 3.16. The molecule has 1 unspecified atom stereocenters. The average molecular weight is 388 g/mol. The van der Waals surface area contributed by atoms with Crippen LogP contribution in [0.2, 0.25) is 0 Å². The molecule has 0 radical (unpaired) electrons. The van der Waals surface area contributed by atoms with Crippen LogP contribution >= 0.6 is 0 Å². The largest absolute Gasteiger partial charge is 0.495 e. The number of aryl methyl sites for hydroxylation is 1. The SMILES string of the molecule is CCCCC1C=CCN1S(=O)(=O)c1cc(-c2cnc(C)nc2)ccc1OC. The van der Waals surface area contributed by atoms with Gasteiger partial charge in [-0.1, -0.05) is 38.0 Å². The highest BCUT2D eigenvalue weighted by molar-refractivity contribution is 7.89. The van der Waals surface area contributed by atoms with E-state index >= 15 is 0 Å². The maximum Gasteiger partial charge on any atom is 0.247 e. The lowest BCUT2D eigenvalue weighted by molar-refractivity contribution is 0.376. The van der Waals surface area contributed by atoms with E-state index in [0.717, 1.165) is 30.4 Å². The first-order valence-electron chi connectivity index (χ1n) is 9.13. The molecule has 6 nitrogen and oxygen atoms in total. The van der Waals surface area contributed by atoms with E-state index in [1.165, 1.54) is 7.11 Å². The Morgan fingerprint density at radius 1 is 1.22 bits per heavy atom. The zero-order valence-corrected chi connectivity index (χ0v) is 16.7. The molecule has 0 saturated carbocycles. The standard InChI is InChI=1S/C20H25N3O3S/c1-4-5-7-18-8-6-11-23(18)27(24,25)20-12-16(9-10-19(20)26-3)17-13-21-15(2)22-14-17/h6,8-10,12-14,18H,4-5,7,11H2,1-3H3. The summed E-state index contributed by atoms with van der Waals surface area (Å²) in [6, 6.07) is 5.05. The van der Waals surface area contributed by atoms with E-state index in [1.54, 1.807) is 28.8 Å². The van der Waals surface area contributed by atoms with Crippen molar-refractivity contribution in [2.24, 2.45) is 0 Å². The summed E-state index contributed by atoms with van der Waals surface area (Å²) in [7, 11) is -2.21. The Kier molecular flexibility index (Phi) is 5.92. The molecule has 0 amide bonds. The van der Waals surface area contributed by atoms with Crippen LogP contribution in [-0.2, 0) is 10.0 Å². The van der Waals surface area contributed by atoms with Crippen LogP contribution in [0.15, 0.2) is 47.6 Å². The highest BCUT2D eigenvalue weighted by atomic mass is 32.2. The van der Waals surface area contributed by atoms with Gasteiger partial charge in [0.15, 0.2) is 0 Å². The number of nitrogens with zero attached hydrogens (tertiary/aromatic N) is 3. The summed E-state index contributed by atoms with van der Waals surface area (Å²) in [5, 5.41) is 0. The third kappa shape index (κ3) is 4.04. The molecule has 0 bridgehead atoms. The molecule has 1 aliphatic rings. The number of methoxy groups -OCH3 is 1. The quantitative estimate of drug-likeness (QED) is 0.679. The van der Waals surface area contributed by atoms with Crippen LogP contribution in [0.1, 0.15) is 32.0 Å². The number of sulfonamides is 1. The molecule has 2 heterocycles. The maximum atomic E-state index is 13.4. The van der Waals surface area contributed by atoms with Gasteiger partial charge in [-0.15, -0.1) is 0 Å². The summed E-state index contributed by atoms with van der Waals surface area (Å²) >= 11 is 0. The predicted molar refractivity (Wildman–Crippen MR) is 105 cm³/mol. The molecule has 144 valence electrons. The van der Waals surface area contributed by atoms with E-state index in [9.17, 15) is 8.42 Å². The summed E-state index contributed by atoms with van der Waals surface area (Å²) < 4.78 is 33.7. The number of hydrogen-bond acceptors (Lipinski definition) is 5. The first kappa shape index (κ1) is 19.5. The fraction of sp³-hybridized carbons (Fsp3) is 0.400. The van der Waals surface area contributed by atoms with Crippen molar-refractivity contribution in [1.29, 1.82) is 0 Å². The third-order valence-corrected chi connectivity index (χ3v) is 6.64. The minimum atomic E-state index is -3.69. The van der Waals surface area contributed by atoms with Crippen molar-refractivity contribution in [1.82, 2.24) is 14.3 Å². The molecule has 0 saturated heterocycles. The molecule has 0 spiro atoms. The zero-order valence-electron chi connectivity index (χ0n) is 15.9. The van der Waals surface area contributed by atoms with Gasteiger partial charge in [0.2, 0.25) is 10.0 Å². The van der Waals surface area contributed by atoms with Crippen LogP contribution in [0.25, 0.3) is 11.1 Å². The summed E-state index contributed by atoms with van der Waals surface area (Å²) in [5.41, 5.74) is 1.51. The van der Waals surface area contributed by atoms with Gasteiger partial charge in [-0.25, -0.2) is 18.4 Å². The number of rotatable bonds is 7. The molecular formula is C20H25N3O3S. The van der Waals surface area contributed by atoms with Crippen LogP contribution in [0.4, 0.5) is 0 Å². The Labute approximate surface area is 161 Å². The maximum absolute atomic E-state index is 13.4. The molecule has 2 aromatic rings. The molecule has 27 heavy (non-hydrogen) atoms. The van der Waals surface area contributed by atoms with Crippen LogP contribution < -0.4 is 4.74 Å². The fourth-order valence-corrected chi connectivity index (χ4v) is 4.96. The summed E-state index contributed by atoms with van der Waals surface area (Å²) in [5.74, 6) is 1.01. The van der Waals surface area contributed by atoms with Crippen molar-refractivity contribution in [2.45, 2.75) is 44.0 Å². The van der Waals surface area contributed by atoms with Gasteiger partial charge in [0.05, 0.1) is 7.11 Å². The Hall–Kier alpha value is -2.25. The zero-order chi connectivity index (χ0) is 19.4. The topological polar surface area (TPSA) is 72.4 Å². The predicted octanol–water partition coefficient (Wildman–Crippen LogP) is 3.58. The van der Waals surface area contributed by atoms with Gasteiger partial charge in [0.1, 0.15) is 16.5 Å². The van der Waals surface area contributed by atoms with E-state index in [4.69, 9.17) is 4.74 Å². The lowest BCUT2D eigenvalue weighted by Gasteiger charge is -2.25. The first-order chi connectivity index (χ1) is 13.0. The molecule has 0 aliphatic carbocycles. The lowest BCUT2D eigenvalue weighted by Crippen LogP contribution is -2.36. The summed E-state index contributed by atoms with van der Waals surface area (Å²) in [6.07, 6.45) is 10.1. The molecule has 1 aromatic heterocycles. The van der Waals surface area contributed by atoms with Gasteiger partial charge in [-0.3, -0.25) is 0 Å². The van der Waals surface area contributed by atoms with E-state index in [1.807, 2.05) is 25.1 Å². The molecule has 7 heteroatoms. The Morgan fingerprint density at radius 3 is 2.63 bits per heavy atom. The normalized spacial score (nSPS) is 17.4. The lowest BCUT2D eigenvalue weighted by atomic mass is 10.1. The van der Waals surface area contributed by atoms with Crippen LogP contribution in [0.5, 0.6) is 5.75 Å². The second-order valence-electron chi connectivity index (χ2n) is 6.60. The van der Waals surface area contributed by atoms with E-state index < -0.39 is 10.0 Å². The van der Waals surface area contributed by atoms with Gasteiger partial charge < -0.3 is 4.74 Å². The van der Waals surface area contributed by atoms with E-state index in [2.05, 4.69) is 16.9 Å². The van der Waals surface area contributed by atoms with Gasteiger partial charge in [0.25, 0.3) is 0 Å². The molecule has 1 atom stereocenters. The van der Waals surface area contributed by atoms with Crippen LogP contribution in [0, 0.1) is 6.92 Å². The first-order valence-corrected chi connectivity index (χ1v) is 10.6. The smallest absolute Gasteiger partial charge is 0.247 e. The Morgan fingerprint density at radius 2 is 1.96 bits per heavy atom. The van der Waals surface area contributed by atoms with E-state index in [-0.39, 0.29) is 10.9 Å². The number of ether oxygens (including phenoxy) is 1. The molecule has 1 aromatic carbocycles. The van der Waals surface area contributed by atoms with Gasteiger partial charge in [-0.05, 0) is 31.0 Å². The van der Waals surface area contributed by atoms with Crippen LogP contribution in [-0.4, -0.2) is 42.4 Å². The van der Waals surface area contributed by atoms with Gasteiger partial charge in [-0.2, -0.15) is 4.31 Å². The highest BCUT2D eigenvalue weighted by Gasteiger charge is 2.34. The molecular weight excluding hydrogens is 362 g/mol. The monoisotopic (exact) mass is 387 g/mol. The number of hydrogen-bond donors (Lipinski definition) is 0. The second-order valence-corrected chi connectivity index (χ2v) is 8.46. The van der Waals surface area contributed by atoms with Crippen molar-refractivity contribution in [3.63, 3.8) is 0 Å². The van der Waals surface area contributed by atoms with Crippen molar-refractivity contribution in [2.75, 3.05) is 13.7 Å². The summed E-state index contributed by atoms with van der Waals surface area (Å²) in [4.78, 5) is 8.58. The molecule has 3 rings (SSSR count). The van der Waals surface area contributed by atoms with Crippen molar-refractivity contribution < 1.29 is 13.2 Å². The van der Waals surface area contributed by atoms with E-state index in [0.29, 0.717) is 18.1 Å². The molecule has 1 aliphatic heterocycles. The minimum Gasteiger partial charge on any atom is -0.495 e. The van der Waals surface area contributed by atoms with Crippen molar-refractivity contribution in [3.05, 3.63) is 48.6 Å². The molecule has 0 N–H and O–H groups in total. The second kappa shape index (κ2) is 8.19. The van der Waals surface area contributed by atoms with Gasteiger partial charge >= 0.3 is 0 Å². The minimum absolute atomic E-state index is 0.106. The summed E-state index contributed by atoms with van der Waals surface area (Å²) in [6.45, 7) is 4.30. The van der Waals surface area contributed by atoms with Gasteiger partial charge in [0, 0.05) is 30.5 Å². The highest BCUT2D eigenvalue weighted by Crippen LogP contribution is 2.34. The number of aromatic nitrogens is 2. The Balaban J connectivity index is 2.00. The molecule has 0 fully saturated rings. The van der Waals surface area contributed by atoms with Crippen molar-refractivity contribution in [3.8, 4) is 16.9 Å². The third-order valence-electron chi connectivity index (χ3n) is 4.73. The number of unbranched alkanes of at least 4 members (excludes halogenated alkanes) is 1. The number of benzene rings is 1. The fourth-order valence-electron chi connectivity index (χ4n) is 3.21. The van der Waals surface area contributed by atoms with Crippen LogP contribution in [0.3, 0.4) is 0 Å². The Bertz CT molecular complexity index is 924.